The van der Waals surface area contributed by atoms with E-state index in [9.17, 15) is 16.8 Å². The van der Waals surface area contributed by atoms with E-state index in [2.05, 4.69) is 19.4 Å². The molecule has 302 valence electrons. The lowest BCUT2D eigenvalue weighted by molar-refractivity contribution is 0.412. The van der Waals surface area contributed by atoms with Crippen molar-refractivity contribution >= 4 is 64.2 Å². The van der Waals surface area contributed by atoms with Gasteiger partial charge in [0.15, 0.2) is 23.3 Å². The number of fused-ring (bicyclic) bond motifs is 20. The Bertz CT molecular complexity index is 3300. The van der Waals surface area contributed by atoms with Crippen LogP contribution in [0.25, 0.3) is 89.7 Å². The number of aromatic amines is 2. The summed E-state index contributed by atoms with van der Waals surface area (Å²) in [6, 6.07) is 25.1. The van der Waals surface area contributed by atoms with Gasteiger partial charge in [-0.1, -0.05) is 111 Å². The minimum Gasteiger partial charge on any atom is -0.324 e. The minimum atomic E-state index is -4.06. The molecule has 0 amide bonds. The van der Waals surface area contributed by atoms with E-state index >= 15 is 0 Å². The quantitative estimate of drug-likeness (QED) is 0.127. The van der Waals surface area contributed by atoms with Crippen LogP contribution < -0.4 is 9.44 Å². The van der Waals surface area contributed by atoms with Gasteiger partial charge in [-0.05, 0) is 37.8 Å². The zero-order chi connectivity index (χ0) is 40.6. The summed E-state index contributed by atoms with van der Waals surface area (Å²) in [6.45, 7) is 0. The molecule has 0 saturated heterocycles. The van der Waals surface area contributed by atoms with Crippen LogP contribution in [0.3, 0.4) is 0 Å². The van der Waals surface area contributed by atoms with Crippen LogP contribution in [0, 0.1) is 0 Å². The Hall–Kier alpha value is -5.94. The molecule has 16 heteroatoms. The standard InChI is InChI=1S/C44H40N10O4S2/c55-59(56,53-25-13-3-1-4-14-25)33-23-11-21-31-35(33)44-50-41(31)48-39-28-18-8-7-17-27(28)37(46-39)45-38-29-19-9-10-20-30(29)40(47-38)49-43-36-32(42(51-43)52-44)22-12-24-34(36)60(57,58)54-26-15-5-2-6-16-26/h7-12,17-26,53-54H,1-6,13-16H2,(H2,45,46,47,48,49,50,51,52). The first-order chi connectivity index (χ1) is 29.2. The van der Waals surface area contributed by atoms with Gasteiger partial charge in [0.25, 0.3) is 0 Å². The Morgan fingerprint density at radius 2 is 0.867 bits per heavy atom. The lowest BCUT2D eigenvalue weighted by Gasteiger charge is -2.23. The van der Waals surface area contributed by atoms with E-state index in [1.165, 1.54) is 0 Å². The van der Waals surface area contributed by atoms with Crippen molar-refractivity contribution in [1.29, 1.82) is 0 Å². The van der Waals surface area contributed by atoms with Crippen molar-refractivity contribution < 1.29 is 16.8 Å². The van der Waals surface area contributed by atoms with Crippen LogP contribution in [-0.4, -0.2) is 68.8 Å². The van der Waals surface area contributed by atoms with Gasteiger partial charge in [-0.25, -0.2) is 56.2 Å². The third-order valence-corrected chi connectivity index (χ3v) is 15.2. The minimum absolute atomic E-state index is 0.0311. The number of sulfonamides is 2. The molecule has 2 aliphatic carbocycles. The van der Waals surface area contributed by atoms with Crippen LogP contribution in [0.1, 0.15) is 64.2 Å². The molecule has 14 nitrogen and oxygen atoms in total. The molecule has 7 aromatic rings. The summed E-state index contributed by atoms with van der Waals surface area (Å²) in [5.74, 6) is 1.11. The van der Waals surface area contributed by atoms with Crippen molar-refractivity contribution in [2.75, 3.05) is 0 Å². The fourth-order valence-corrected chi connectivity index (χ4v) is 12.2. The number of H-pyrrole nitrogens is 2. The highest BCUT2D eigenvalue weighted by molar-refractivity contribution is 7.90. The normalized spacial score (nSPS) is 16.3. The van der Waals surface area contributed by atoms with Crippen molar-refractivity contribution in [2.24, 2.45) is 0 Å². The highest BCUT2D eigenvalue weighted by atomic mass is 32.2. The molecule has 0 spiro atoms. The molecule has 60 heavy (non-hydrogen) atoms. The summed E-state index contributed by atoms with van der Waals surface area (Å²) in [7, 11) is -8.11. The fraction of sp³-hybridized carbons (Fsp3) is 0.273. The Labute approximate surface area is 345 Å². The van der Waals surface area contributed by atoms with Crippen LogP contribution >= 0.6 is 0 Å². The molecule has 4 N–H and O–H groups in total. The van der Waals surface area contributed by atoms with Crippen molar-refractivity contribution in [3.63, 3.8) is 0 Å². The second-order valence-electron chi connectivity index (χ2n) is 16.0. The Morgan fingerprint density at radius 1 is 0.433 bits per heavy atom. The average Bonchev–Trinajstić information content (AvgIpc) is 4.00. The van der Waals surface area contributed by atoms with Gasteiger partial charge in [0.2, 0.25) is 20.0 Å². The average molecular weight is 837 g/mol. The topological polar surface area (TPSA) is 201 Å². The number of nitrogens with zero attached hydrogens (tertiary/aromatic N) is 6. The van der Waals surface area contributed by atoms with Crippen LogP contribution in [-0.2, 0) is 20.0 Å². The van der Waals surface area contributed by atoms with Gasteiger partial charge in [-0.3, -0.25) is 0 Å². The lowest BCUT2D eigenvalue weighted by Crippen LogP contribution is -2.36. The number of nitrogens with one attached hydrogen (secondary N) is 4. The molecule has 2 fully saturated rings. The molecule has 11 rings (SSSR count). The van der Waals surface area contributed by atoms with Crippen LogP contribution in [0.2, 0.25) is 0 Å². The van der Waals surface area contributed by atoms with E-state index in [1.54, 1.807) is 36.4 Å². The summed E-state index contributed by atoms with van der Waals surface area (Å²) in [5, 5.41) is 2.36. The van der Waals surface area contributed by atoms with E-state index in [1.807, 2.05) is 48.5 Å². The highest BCUT2D eigenvalue weighted by Gasteiger charge is 2.32. The van der Waals surface area contributed by atoms with Gasteiger partial charge < -0.3 is 9.97 Å². The van der Waals surface area contributed by atoms with Crippen molar-refractivity contribution in [3.8, 4) is 45.6 Å². The monoisotopic (exact) mass is 836 g/mol. The second-order valence-corrected chi connectivity index (χ2v) is 19.3. The lowest BCUT2D eigenvalue weighted by atomic mass is 9.96. The molecular formula is C44H40N10O4S2. The van der Waals surface area contributed by atoms with Gasteiger partial charge in [0, 0.05) is 50.3 Å². The number of rotatable bonds is 6. The van der Waals surface area contributed by atoms with E-state index in [-0.39, 0.29) is 39.2 Å². The molecular weight excluding hydrogens is 797 g/mol. The Kier molecular flexibility index (Phi) is 8.88. The molecule has 2 saturated carbocycles. The van der Waals surface area contributed by atoms with Gasteiger partial charge in [-0.15, -0.1) is 0 Å². The smallest absolute Gasteiger partial charge is 0.241 e. The Balaban J connectivity index is 1.24. The van der Waals surface area contributed by atoms with Gasteiger partial charge in [0.05, 0.1) is 15.4 Å². The highest BCUT2D eigenvalue weighted by Crippen LogP contribution is 2.41. The van der Waals surface area contributed by atoms with Crippen molar-refractivity contribution in [2.45, 2.75) is 86.1 Å². The predicted octanol–water partition coefficient (Wildman–Crippen LogP) is 8.09. The molecule has 0 radical (unpaired) electrons. The van der Waals surface area contributed by atoms with Crippen molar-refractivity contribution in [1.82, 2.24) is 49.3 Å². The molecule has 4 aliphatic rings. The zero-order valence-electron chi connectivity index (χ0n) is 32.4. The third kappa shape index (κ3) is 6.36. The number of aromatic nitrogens is 8. The van der Waals surface area contributed by atoms with Gasteiger partial charge >= 0.3 is 0 Å². The van der Waals surface area contributed by atoms with E-state index in [0.717, 1.165) is 86.1 Å². The van der Waals surface area contributed by atoms with E-state index < -0.39 is 20.0 Å². The molecule has 2 aliphatic heterocycles. The summed E-state index contributed by atoms with van der Waals surface area (Å²) in [4.78, 5) is 36.9. The van der Waals surface area contributed by atoms with E-state index in [4.69, 9.17) is 29.9 Å². The number of hydrogen-bond acceptors (Lipinski definition) is 10. The largest absolute Gasteiger partial charge is 0.324 e. The van der Waals surface area contributed by atoms with Crippen LogP contribution in [0.15, 0.2) is 94.7 Å². The Morgan fingerprint density at radius 3 is 1.50 bits per heavy atom. The van der Waals surface area contributed by atoms with Gasteiger partial charge in [0.1, 0.15) is 22.6 Å². The SMILES string of the molecule is O=S(=O)(NC1CCCCC1)c1cccc2c1-c1nc-2nc2[nH]c(nc3nc(nc4[nH]c(n1)c1ccccc41)-c1ccccc1-3)c1cccc(S(=O)(=O)NC3CCCCC3)c21. The molecule has 0 unspecified atom stereocenters. The summed E-state index contributed by atoms with van der Waals surface area (Å²) < 4.78 is 63.4. The summed E-state index contributed by atoms with van der Waals surface area (Å²) in [6.07, 6.45) is 9.02. The van der Waals surface area contributed by atoms with Gasteiger partial charge in [-0.2, -0.15) is 0 Å². The third-order valence-electron chi connectivity index (χ3n) is 12.1. The summed E-state index contributed by atoms with van der Waals surface area (Å²) >= 11 is 0. The molecule has 0 atom stereocenters. The fourth-order valence-electron chi connectivity index (χ4n) is 9.18. The maximum absolute atomic E-state index is 14.4. The number of benzene rings is 4. The molecule has 5 heterocycles. The molecule has 8 bridgehead atoms. The first-order valence-electron chi connectivity index (χ1n) is 20.5. The maximum Gasteiger partial charge on any atom is 0.241 e. The zero-order valence-corrected chi connectivity index (χ0v) is 34.1. The first-order valence-corrected chi connectivity index (χ1v) is 23.5. The van der Waals surface area contributed by atoms with Crippen LogP contribution in [0.4, 0.5) is 0 Å². The maximum atomic E-state index is 14.4. The molecule has 4 aromatic carbocycles. The summed E-state index contributed by atoms with van der Waals surface area (Å²) in [5.41, 5.74) is 3.71. The molecule has 3 aromatic heterocycles. The number of hydrogen-bond donors (Lipinski definition) is 4. The predicted molar refractivity (Wildman–Crippen MR) is 230 cm³/mol. The van der Waals surface area contributed by atoms with Crippen LogP contribution in [0.5, 0.6) is 0 Å². The van der Waals surface area contributed by atoms with E-state index in [0.29, 0.717) is 50.5 Å². The second kappa shape index (κ2) is 14.4. The first kappa shape index (κ1) is 37.1. The van der Waals surface area contributed by atoms with Crippen molar-refractivity contribution in [3.05, 3.63) is 84.9 Å².